The maximum absolute atomic E-state index is 12.9. The monoisotopic (exact) mass is 280 g/mol. The van der Waals surface area contributed by atoms with E-state index in [-0.39, 0.29) is 23.9 Å². The van der Waals surface area contributed by atoms with Crippen molar-refractivity contribution in [3.05, 3.63) is 35.6 Å². The Balaban J connectivity index is 2.05. The van der Waals surface area contributed by atoms with Gasteiger partial charge in [0.1, 0.15) is 11.4 Å². The number of likely N-dealkylation sites (tertiary alicyclic amines) is 1. The predicted octanol–water partition coefficient (Wildman–Crippen LogP) is 2.49. The summed E-state index contributed by atoms with van der Waals surface area (Å²) < 4.78 is 18.3. The van der Waals surface area contributed by atoms with Gasteiger partial charge in [0.25, 0.3) is 0 Å². The molecule has 0 bridgehead atoms. The Labute approximate surface area is 118 Å². The average Bonchev–Trinajstić information content (AvgIpc) is 2.70. The summed E-state index contributed by atoms with van der Waals surface area (Å²) in [5.41, 5.74) is 6.53. The van der Waals surface area contributed by atoms with Crippen molar-refractivity contribution in [1.29, 1.82) is 0 Å². The van der Waals surface area contributed by atoms with Crippen LogP contribution in [0.3, 0.4) is 0 Å². The molecule has 0 spiro atoms. The molecular weight excluding hydrogens is 259 g/mol. The van der Waals surface area contributed by atoms with E-state index in [1.807, 2.05) is 20.8 Å². The lowest BCUT2D eigenvalue weighted by Gasteiger charge is -2.24. The lowest BCUT2D eigenvalue weighted by atomic mass is 9.95. The second kappa shape index (κ2) is 5.40. The Morgan fingerprint density at radius 1 is 1.30 bits per heavy atom. The molecule has 0 saturated carbocycles. The van der Waals surface area contributed by atoms with E-state index in [4.69, 9.17) is 10.5 Å². The molecule has 1 heterocycles. The summed E-state index contributed by atoms with van der Waals surface area (Å²) in [6.07, 6.45) is -0.349. The van der Waals surface area contributed by atoms with Crippen LogP contribution in [0.5, 0.6) is 0 Å². The molecule has 1 amide bonds. The molecule has 110 valence electrons. The second-order valence-corrected chi connectivity index (χ2v) is 6.21. The van der Waals surface area contributed by atoms with Gasteiger partial charge in [0, 0.05) is 25.0 Å². The van der Waals surface area contributed by atoms with Crippen LogP contribution in [-0.4, -0.2) is 35.7 Å². The first kappa shape index (κ1) is 14.8. The molecule has 1 aromatic rings. The molecule has 1 aromatic carbocycles. The zero-order chi connectivity index (χ0) is 14.9. The molecule has 0 radical (unpaired) electrons. The summed E-state index contributed by atoms with van der Waals surface area (Å²) >= 11 is 0. The molecule has 2 N–H and O–H groups in total. The first-order chi connectivity index (χ1) is 9.26. The van der Waals surface area contributed by atoms with Crippen LogP contribution in [0.15, 0.2) is 24.3 Å². The topological polar surface area (TPSA) is 55.6 Å². The van der Waals surface area contributed by atoms with Gasteiger partial charge in [-0.25, -0.2) is 9.18 Å². The summed E-state index contributed by atoms with van der Waals surface area (Å²) in [4.78, 5) is 13.6. The Morgan fingerprint density at radius 3 is 2.45 bits per heavy atom. The van der Waals surface area contributed by atoms with Gasteiger partial charge in [-0.2, -0.15) is 0 Å². The molecule has 1 saturated heterocycles. The number of nitrogens with two attached hydrogens (primary N) is 1. The van der Waals surface area contributed by atoms with E-state index < -0.39 is 5.60 Å². The van der Waals surface area contributed by atoms with Crippen LogP contribution in [0.1, 0.15) is 32.3 Å². The molecule has 1 aliphatic heterocycles. The molecule has 20 heavy (non-hydrogen) atoms. The van der Waals surface area contributed by atoms with Gasteiger partial charge in [0.15, 0.2) is 0 Å². The Morgan fingerprint density at radius 2 is 1.90 bits per heavy atom. The largest absolute Gasteiger partial charge is 0.444 e. The van der Waals surface area contributed by atoms with Crippen LogP contribution in [0, 0.1) is 5.82 Å². The number of hydrogen-bond donors (Lipinski definition) is 1. The van der Waals surface area contributed by atoms with E-state index in [0.29, 0.717) is 13.1 Å². The molecule has 0 aromatic heterocycles. The summed E-state index contributed by atoms with van der Waals surface area (Å²) in [5.74, 6) is -0.257. The van der Waals surface area contributed by atoms with Crippen molar-refractivity contribution >= 4 is 6.09 Å². The maximum atomic E-state index is 12.9. The zero-order valence-electron chi connectivity index (χ0n) is 12.1. The summed E-state index contributed by atoms with van der Waals surface area (Å²) in [6.45, 7) is 6.45. The van der Waals surface area contributed by atoms with E-state index in [1.54, 1.807) is 17.0 Å². The third-order valence-corrected chi connectivity index (χ3v) is 3.31. The van der Waals surface area contributed by atoms with Crippen LogP contribution < -0.4 is 5.73 Å². The van der Waals surface area contributed by atoms with Crippen LogP contribution >= 0.6 is 0 Å². The van der Waals surface area contributed by atoms with Gasteiger partial charge in [-0.05, 0) is 38.5 Å². The third kappa shape index (κ3) is 3.48. The minimum Gasteiger partial charge on any atom is -0.444 e. The predicted molar refractivity (Wildman–Crippen MR) is 74.9 cm³/mol. The number of halogens is 1. The first-order valence-electron chi connectivity index (χ1n) is 6.75. The van der Waals surface area contributed by atoms with Crippen LogP contribution in [-0.2, 0) is 4.74 Å². The normalized spacial score (nSPS) is 22.9. The quantitative estimate of drug-likeness (QED) is 0.860. The SMILES string of the molecule is CC(C)(C)OC(=O)N1CC(N)[C@H](c2ccc(F)cc2)C1. The van der Waals surface area contributed by atoms with Gasteiger partial charge in [0.05, 0.1) is 0 Å². The van der Waals surface area contributed by atoms with Gasteiger partial charge in [-0.1, -0.05) is 12.1 Å². The van der Waals surface area contributed by atoms with Crippen molar-refractivity contribution in [1.82, 2.24) is 4.90 Å². The molecule has 4 nitrogen and oxygen atoms in total. The first-order valence-corrected chi connectivity index (χ1v) is 6.75. The van der Waals surface area contributed by atoms with Crippen LogP contribution in [0.2, 0.25) is 0 Å². The zero-order valence-corrected chi connectivity index (χ0v) is 12.1. The van der Waals surface area contributed by atoms with Crippen molar-refractivity contribution in [2.75, 3.05) is 13.1 Å². The Bertz CT molecular complexity index is 482. The minimum absolute atomic E-state index is 0.0168. The van der Waals surface area contributed by atoms with E-state index in [1.165, 1.54) is 12.1 Å². The van der Waals surface area contributed by atoms with Crippen LogP contribution in [0.25, 0.3) is 0 Å². The molecule has 1 fully saturated rings. The highest BCUT2D eigenvalue weighted by atomic mass is 19.1. The Hall–Kier alpha value is -1.62. The number of benzene rings is 1. The van der Waals surface area contributed by atoms with Crippen LogP contribution in [0.4, 0.5) is 9.18 Å². The van der Waals surface area contributed by atoms with E-state index in [9.17, 15) is 9.18 Å². The summed E-state index contributed by atoms with van der Waals surface area (Å²) in [7, 11) is 0. The lowest BCUT2D eigenvalue weighted by Crippen LogP contribution is -2.36. The van der Waals surface area contributed by atoms with Crippen molar-refractivity contribution in [2.24, 2.45) is 5.73 Å². The number of hydrogen-bond acceptors (Lipinski definition) is 3. The number of amides is 1. The molecule has 2 atom stereocenters. The Kier molecular flexibility index (Phi) is 3.99. The van der Waals surface area contributed by atoms with Crippen molar-refractivity contribution in [3.8, 4) is 0 Å². The van der Waals surface area contributed by atoms with Gasteiger partial charge in [-0.15, -0.1) is 0 Å². The van der Waals surface area contributed by atoms with Gasteiger partial charge in [-0.3, -0.25) is 0 Å². The fourth-order valence-electron chi connectivity index (χ4n) is 2.37. The number of nitrogens with zero attached hydrogens (tertiary/aromatic N) is 1. The molecule has 0 aliphatic carbocycles. The highest BCUT2D eigenvalue weighted by molar-refractivity contribution is 5.69. The molecule has 1 aliphatic rings. The van der Waals surface area contributed by atoms with Crippen molar-refractivity contribution in [3.63, 3.8) is 0 Å². The lowest BCUT2D eigenvalue weighted by molar-refractivity contribution is 0.0290. The maximum Gasteiger partial charge on any atom is 0.410 e. The standard InChI is InChI=1S/C15H21FN2O2/c1-15(2,3)20-14(19)18-8-12(13(17)9-18)10-4-6-11(16)7-5-10/h4-7,12-13H,8-9,17H2,1-3H3/t12-,13?/m0/s1. The van der Waals surface area contributed by atoms with E-state index in [2.05, 4.69) is 0 Å². The van der Waals surface area contributed by atoms with Crippen molar-refractivity contribution < 1.29 is 13.9 Å². The third-order valence-electron chi connectivity index (χ3n) is 3.31. The summed E-state index contributed by atoms with van der Waals surface area (Å²) in [5, 5.41) is 0. The molecular formula is C15H21FN2O2. The average molecular weight is 280 g/mol. The fourth-order valence-corrected chi connectivity index (χ4v) is 2.37. The fraction of sp³-hybridized carbons (Fsp3) is 0.533. The number of ether oxygens (including phenoxy) is 1. The summed E-state index contributed by atoms with van der Waals surface area (Å²) in [6, 6.07) is 6.11. The number of carbonyl (C=O) groups excluding carboxylic acids is 1. The van der Waals surface area contributed by atoms with Gasteiger partial charge < -0.3 is 15.4 Å². The van der Waals surface area contributed by atoms with E-state index in [0.717, 1.165) is 5.56 Å². The molecule has 1 unspecified atom stereocenters. The van der Waals surface area contributed by atoms with Gasteiger partial charge in [0.2, 0.25) is 0 Å². The van der Waals surface area contributed by atoms with E-state index >= 15 is 0 Å². The number of rotatable bonds is 1. The van der Waals surface area contributed by atoms with Crippen molar-refractivity contribution in [2.45, 2.75) is 38.3 Å². The second-order valence-electron chi connectivity index (χ2n) is 6.21. The number of carbonyl (C=O) groups is 1. The molecule has 2 rings (SSSR count). The smallest absolute Gasteiger partial charge is 0.410 e. The minimum atomic E-state index is -0.519. The highest BCUT2D eigenvalue weighted by Crippen LogP contribution is 2.27. The highest BCUT2D eigenvalue weighted by Gasteiger charge is 2.35. The van der Waals surface area contributed by atoms with Gasteiger partial charge >= 0.3 is 6.09 Å². The molecule has 5 heteroatoms.